The fourth-order valence-corrected chi connectivity index (χ4v) is 3.48. The van der Waals surface area contributed by atoms with Gasteiger partial charge in [0.15, 0.2) is 0 Å². The first-order chi connectivity index (χ1) is 17.8. The van der Waals surface area contributed by atoms with Crippen LogP contribution in [0.5, 0.6) is 5.75 Å². The quantitative estimate of drug-likeness (QED) is 0.273. The number of ether oxygens (including phenoxy) is 2. The molecule has 3 aromatic carbocycles. The second-order valence-electron chi connectivity index (χ2n) is 8.24. The van der Waals surface area contributed by atoms with E-state index in [1.54, 1.807) is 49.4 Å². The Balaban J connectivity index is 1.31. The molecule has 1 aromatic heterocycles. The van der Waals surface area contributed by atoms with Gasteiger partial charge in [-0.25, -0.2) is 14.8 Å². The van der Waals surface area contributed by atoms with E-state index >= 15 is 0 Å². The fraction of sp³-hybridized carbons (Fsp3) is 0.179. The molecule has 4 rings (SSSR count). The van der Waals surface area contributed by atoms with Crippen LogP contribution in [0.25, 0.3) is 11.0 Å². The van der Waals surface area contributed by atoms with Crippen molar-refractivity contribution in [1.82, 2.24) is 15.3 Å². The Kier molecular flexibility index (Phi) is 7.73. The van der Waals surface area contributed by atoms with E-state index in [1.165, 1.54) is 12.1 Å². The Hall–Kier alpha value is -4.79. The van der Waals surface area contributed by atoms with E-state index in [0.717, 1.165) is 22.5 Å². The van der Waals surface area contributed by atoms with Gasteiger partial charge in [-0.1, -0.05) is 12.1 Å². The highest BCUT2D eigenvalue weighted by Crippen LogP contribution is 2.17. The lowest BCUT2D eigenvalue weighted by molar-refractivity contribution is 0.0950. The molecule has 0 bridgehead atoms. The van der Waals surface area contributed by atoms with Gasteiger partial charge in [0.05, 0.1) is 29.0 Å². The Morgan fingerprint density at radius 2 is 1.43 bits per heavy atom. The zero-order valence-corrected chi connectivity index (χ0v) is 20.7. The molecule has 0 saturated carbocycles. The predicted molar refractivity (Wildman–Crippen MR) is 139 cm³/mol. The molecule has 0 radical (unpaired) electrons. The van der Waals surface area contributed by atoms with Gasteiger partial charge in [0.25, 0.3) is 11.8 Å². The van der Waals surface area contributed by atoms with Crippen molar-refractivity contribution in [1.29, 1.82) is 0 Å². The van der Waals surface area contributed by atoms with Gasteiger partial charge < -0.3 is 20.1 Å². The number of carbonyl (C=O) groups excluding carboxylic acids is 3. The molecule has 9 heteroatoms. The van der Waals surface area contributed by atoms with E-state index in [9.17, 15) is 14.4 Å². The highest BCUT2D eigenvalue weighted by molar-refractivity contribution is 6.05. The average Bonchev–Trinajstić information content (AvgIpc) is 2.89. The first-order valence-corrected chi connectivity index (χ1v) is 11.7. The van der Waals surface area contributed by atoms with Crippen LogP contribution in [0, 0.1) is 13.8 Å². The number of rotatable bonds is 7. The van der Waals surface area contributed by atoms with E-state index in [0.29, 0.717) is 28.9 Å². The number of fused-ring (bicyclic) bond motifs is 1. The summed E-state index contributed by atoms with van der Waals surface area (Å²) >= 11 is 0. The van der Waals surface area contributed by atoms with Crippen LogP contribution in [0.15, 0.2) is 66.7 Å². The van der Waals surface area contributed by atoms with Gasteiger partial charge in [-0.05, 0) is 80.9 Å². The lowest BCUT2D eigenvalue weighted by Gasteiger charge is -2.09. The molecular weight excluding hydrogens is 472 g/mol. The molecule has 0 saturated heterocycles. The van der Waals surface area contributed by atoms with Gasteiger partial charge in [-0.3, -0.25) is 9.59 Å². The van der Waals surface area contributed by atoms with Crippen LogP contribution in [-0.2, 0) is 11.3 Å². The number of anilines is 1. The lowest BCUT2D eigenvalue weighted by atomic mass is 10.1. The lowest BCUT2D eigenvalue weighted by Crippen LogP contribution is -2.22. The highest BCUT2D eigenvalue weighted by Gasteiger charge is 2.11. The van der Waals surface area contributed by atoms with Crippen molar-refractivity contribution in [2.75, 3.05) is 11.9 Å². The smallest absolute Gasteiger partial charge is 0.434 e. The molecule has 2 N–H and O–H groups in total. The third kappa shape index (κ3) is 6.46. The van der Waals surface area contributed by atoms with Crippen LogP contribution >= 0.6 is 0 Å². The summed E-state index contributed by atoms with van der Waals surface area (Å²) in [5, 5.41) is 5.71. The van der Waals surface area contributed by atoms with Crippen LogP contribution in [-0.4, -0.2) is 34.5 Å². The number of aromatic nitrogens is 2. The number of hydrogen-bond donors (Lipinski definition) is 2. The molecule has 0 spiro atoms. The zero-order valence-electron chi connectivity index (χ0n) is 20.7. The average molecular weight is 499 g/mol. The maximum Gasteiger partial charge on any atom is 0.513 e. The number of nitrogens with one attached hydrogen (secondary N) is 2. The Bertz CT molecular complexity index is 1450. The first kappa shape index (κ1) is 25.3. The third-order valence-electron chi connectivity index (χ3n) is 5.58. The molecule has 0 fully saturated rings. The summed E-state index contributed by atoms with van der Waals surface area (Å²) in [5.41, 5.74) is 5.50. The highest BCUT2D eigenvalue weighted by atomic mass is 16.7. The normalized spacial score (nSPS) is 10.6. The van der Waals surface area contributed by atoms with Crippen molar-refractivity contribution in [3.05, 3.63) is 94.8 Å². The summed E-state index contributed by atoms with van der Waals surface area (Å²) in [6, 6.07) is 18.6. The first-order valence-electron chi connectivity index (χ1n) is 11.7. The SMILES string of the molecule is CCOC(=O)Oc1ccc(C(=O)NCc2ccc(NC(=O)c3ccc4nc(C)c(C)nc4c3)cc2)cc1. The molecule has 0 aliphatic carbocycles. The largest absolute Gasteiger partial charge is 0.513 e. The summed E-state index contributed by atoms with van der Waals surface area (Å²) in [4.78, 5) is 45.5. The molecule has 37 heavy (non-hydrogen) atoms. The summed E-state index contributed by atoms with van der Waals surface area (Å²) in [5.74, 6) is -0.238. The second-order valence-corrected chi connectivity index (χ2v) is 8.24. The molecule has 0 unspecified atom stereocenters. The number of nitrogens with zero attached hydrogens (tertiary/aromatic N) is 2. The maximum atomic E-state index is 12.7. The van der Waals surface area contributed by atoms with Crippen molar-refractivity contribution in [3.8, 4) is 5.75 Å². The van der Waals surface area contributed by atoms with Crippen LogP contribution in [0.3, 0.4) is 0 Å². The van der Waals surface area contributed by atoms with E-state index in [2.05, 4.69) is 20.6 Å². The number of hydrogen-bond acceptors (Lipinski definition) is 7. The van der Waals surface area contributed by atoms with Crippen molar-refractivity contribution in [2.24, 2.45) is 0 Å². The van der Waals surface area contributed by atoms with Crippen LogP contribution < -0.4 is 15.4 Å². The van der Waals surface area contributed by atoms with Crippen molar-refractivity contribution >= 4 is 34.7 Å². The van der Waals surface area contributed by atoms with Gasteiger partial charge in [-0.15, -0.1) is 0 Å². The van der Waals surface area contributed by atoms with Crippen LogP contribution in [0.2, 0.25) is 0 Å². The molecule has 2 amide bonds. The second kappa shape index (κ2) is 11.3. The van der Waals surface area contributed by atoms with Gasteiger partial charge in [0.2, 0.25) is 0 Å². The van der Waals surface area contributed by atoms with Gasteiger partial charge >= 0.3 is 6.16 Å². The minimum Gasteiger partial charge on any atom is -0.434 e. The minimum absolute atomic E-state index is 0.215. The van der Waals surface area contributed by atoms with Crippen molar-refractivity contribution in [3.63, 3.8) is 0 Å². The Morgan fingerprint density at radius 1 is 0.784 bits per heavy atom. The summed E-state index contributed by atoms with van der Waals surface area (Å²) < 4.78 is 9.70. The van der Waals surface area contributed by atoms with Crippen LogP contribution in [0.1, 0.15) is 44.6 Å². The number of carbonyl (C=O) groups is 3. The monoisotopic (exact) mass is 498 g/mol. The topological polar surface area (TPSA) is 120 Å². The maximum absolute atomic E-state index is 12.7. The zero-order chi connectivity index (χ0) is 26.4. The summed E-state index contributed by atoms with van der Waals surface area (Å²) in [6.45, 7) is 5.99. The third-order valence-corrected chi connectivity index (χ3v) is 5.58. The van der Waals surface area contributed by atoms with Crippen molar-refractivity contribution < 1.29 is 23.9 Å². The molecule has 4 aromatic rings. The number of aryl methyl sites for hydroxylation is 2. The minimum atomic E-state index is -0.795. The molecule has 9 nitrogen and oxygen atoms in total. The van der Waals surface area contributed by atoms with Gasteiger partial charge in [0.1, 0.15) is 5.75 Å². The molecular formula is C28H26N4O5. The molecule has 188 valence electrons. The van der Waals surface area contributed by atoms with E-state index in [1.807, 2.05) is 26.0 Å². The standard InChI is InChI=1S/C28H26N4O5/c1-4-36-28(35)37-23-12-7-20(8-13-23)26(33)29-16-19-5-10-22(11-6-19)32-27(34)21-9-14-24-25(15-21)31-18(3)17(2)30-24/h5-15H,4,16H2,1-3H3,(H,29,33)(H,32,34). The number of benzene rings is 3. The fourth-order valence-electron chi connectivity index (χ4n) is 3.48. The van der Waals surface area contributed by atoms with E-state index in [-0.39, 0.29) is 24.2 Å². The molecule has 0 aliphatic heterocycles. The van der Waals surface area contributed by atoms with E-state index < -0.39 is 6.16 Å². The van der Waals surface area contributed by atoms with Gasteiger partial charge in [-0.2, -0.15) is 0 Å². The number of amides is 2. The van der Waals surface area contributed by atoms with E-state index in [4.69, 9.17) is 9.47 Å². The Labute approximate surface area is 213 Å². The summed E-state index contributed by atoms with van der Waals surface area (Å²) in [7, 11) is 0. The Morgan fingerprint density at radius 3 is 2.11 bits per heavy atom. The molecule has 1 heterocycles. The molecule has 0 atom stereocenters. The van der Waals surface area contributed by atoms with Gasteiger partial charge in [0, 0.05) is 23.4 Å². The molecule has 0 aliphatic rings. The predicted octanol–water partition coefficient (Wildman–Crippen LogP) is 4.96. The van der Waals surface area contributed by atoms with Crippen molar-refractivity contribution in [2.45, 2.75) is 27.3 Å². The summed E-state index contributed by atoms with van der Waals surface area (Å²) in [6.07, 6.45) is -0.795. The van der Waals surface area contributed by atoms with Crippen LogP contribution in [0.4, 0.5) is 10.5 Å².